The molecule has 2 atom stereocenters. The molecule has 4 N–H and O–H groups in total. The predicted octanol–water partition coefficient (Wildman–Crippen LogP) is -0.573. The minimum Gasteiger partial charge on any atom is -0.476 e. The molecule has 0 radical (unpaired) electrons. The standard InChI is InChI=1S/C11H15N3O5S/c1-5(15)12-4-7(16)9(17)6-3-13-11(20-2)14-8(6)10(18)19/h3,7,9,16-17H,4H2,1-2H3,(H,12,15)(H,18,19). The highest BCUT2D eigenvalue weighted by Gasteiger charge is 2.25. The lowest BCUT2D eigenvalue weighted by Gasteiger charge is -2.19. The first-order valence-corrected chi connectivity index (χ1v) is 6.84. The number of aromatic nitrogens is 2. The minimum atomic E-state index is -1.51. The Balaban J connectivity index is 2.99. The molecular formula is C11H15N3O5S. The number of carboxylic acid groups (broad SMARTS) is 1. The van der Waals surface area contributed by atoms with Crippen molar-refractivity contribution < 1.29 is 24.9 Å². The summed E-state index contributed by atoms with van der Waals surface area (Å²) in [6, 6.07) is 0. The molecule has 1 amide bonds. The maximum atomic E-state index is 11.1. The molecule has 8 nitrogen and oxygen atoms in total. The van der Waals surface area contributed by atoms with E-state index in [9.17, 15) is 19.8 Å². The Labute approximate surface area is 119 Å². The van der Waals surface area contributed by atoms with Crippen molar-refractivity contribution in [2.75, 3.05) is 12.8 Å². The Morgan fingerprint density at radius 2 is 2.10 bits per heavy atom. The number of hydrogen-bond donors (Lipinski definition) is 4. The molecule has 1 heterocycles. The van der Waals surface area contributed by atoms with Crippen LogP contribution in [0.25, 0.3) is 0 Å². The summed E-state index contributed by atoms with van der Waals surface area (Å²) in [7, 11) is 0. The zero-order valence-corrected chi connectivity index (χ0v) is 11.7. The van der Waals surface area contributed by atoms with E-state index in [1.54, 1.807) is 6.26 Å². The summed E-state index contributed by atoms with van der Waals surface area (Å²) in [6.07, 6.45) is -0.0308. The van der Waals surface area contributed by atoms with E-state index in [0.717, 1.165) is 18.0 Å². The lowest BCUT2D eigenvalue weighted by Crippen LogP contribution is -2.35. The van der Waals surface area contributed by atoms with Gasteiger partial charge in [-0.2, -0.15) is 0 Å². The third-order valence-electron chi connectivity index (χ3n) is 2.42. The number of nitrogens with one attached hydrogen (secondary N) is 1. The van der Waals surface area contributed by atoms with E-state index in [1.807, 2.05) is 0 Å². The van der Waals surface area contributed by atoms with E-state index >= 15 is 0 Å². The molecule has 1 aromatic rings. The van der Waals surface area contributed by atoms with Crippen LogP contribution in [0.15, 0.2) is 11.4 Å². The van der Waals surface area contributed by atoms with Gasteiger partial charge < -0.3 is 20.6 Å². The Morgan fingerprint density at radius 3 is 2.60 bits per heavy atom. The van der Waals surface area contributed by atoms with Gasteiger partial charge in [0.25, 0.3) is 0 Å². The fraction of sp³-hybridized carbons (Fsp3) is 0.455. The van der Waals surface area contributed by atoms with Crippen molar-refractivity contribution in [2.45, 2.75) is 24.3 Å². The monoisotopic (exact) mass is 301 g/mol. The van der Waals surface area contributed by atoms with Crippen LogP contribution in [0.5, 0.6) is 0 Å². The average Bonchev–Trinajstić information content (AvgIpc) is 2.43. The number of aliphatic hydroxyl groups excluding tert-OH is 2. The predicted molar refractivity (Wildman–Crippen MR) is 70.4 cm³/mol. The first kappa shape index (κ1) is 16.3. The van der Waals surface area contributed by atoms with Gasteiger partial charge in [-0.05, 0) is 6.26 Å². The topological polar surface area (TPSA) is 133 Å². The third-order valence-corrected chi connectivity index (χ3v) is 2.99. The molecule has 0 bridgehead atoms. The van der Waals surface area contributed by atoms with Crippen LogP contribution in [0.4, 0.5) is 0 Å². The van der Waals surface area contributed by atoms with Gasteiger partial charge in [-0.3, -0.25) is 4.79 Å². The summed E-state index contributed by atoms with van der Waals surface area (Å²) in [6.45, 7) is 1.05. The molecule has 1 rings (SSSR count). The first-order valence-electron chi connectivity index (χ1n) is 5.61. The Kier molecular flexibility index (Phi) is 5.86. The molecular weight excluding hydrogens is 286 g/mol. The molecule has 2 unspecified atom stereocenters. The number of rotatable bonds is 6. The number of carbonyl (C=O) groups excluding carboxylic acids is 1. The van der Waals surface area contributed by atoms with Crippen LogP contribution in [-0.4, -0.2) is 56.1 Å². The number of amides is 1. The molecule has 0 aliphatic heterocycles. The normalized spacial score (nSPS) is 13.6. The molecule has 0 aromatic carbocycles. The Bertz CT molecular complexity index is 511. The second-order valence-electron chi connectivity index (χ2n) is 3.92. The number of hydrogen-bond acceptors (Lipinski definition) is 7. The molecule has 0 spiro atoms. The SMILES string of the molecule is CSc1ncc(C(O)C(O)CNC(C)=O)c(C(=O)O)n1. The van der Waals surface area contributed by atoms with E-state index in [4.69, 9.17) is 5.11 Å². The zero-order chi connectivity index (χ0) is 15.3. The average molecular weight is 301 g/mol. The Hall–Kier alpha value is -1.71. The van der Waals surface area contributed by atoms with Gasteiger partial charge in [0.2, 0.25) is 5.91 Å². The van der Waals surface area contributed by atoms with E-state index in [2.05, 4.69) is 15.3 Å². The van der Waals surface area contributed by atoms with Gasteiger partial charge in [-0.25, -0.2) is 14.8 Å². The van der Waals surface area contributed by atoms with E-state index in [0.29, 0.717) is 0 Å². The fourth-order valence-electron chi connectivity index (χ4n) is 1.43. The molecule has 0 saturated heterocycles. The number of nitrogens with zero attached hydrogens (tertiary/aromatic N) is 2. The molecule has 0 saturated carbocycles. The molecule has 1 aromatic heterocycles. The molecule has 20 heavy (non-hydrogen) atoms. The van der Waals surface area contributed by atoms with E-state index in [1.165, 1.54) is 6.92 Å². The van der Waals surface area contributed by atoms with E-state index < -0.39 is 18.2 Å². The first-order chi connectivity index (χ1) is 9.36. The Morgan fingerprint density at radius 1 is 1.45 bits per heavy atom. The van der Waals surface area contributed by atoms with Crippen molar-refractivity contribution in [3.8, 4) is 0 Å². The van der Waals surface area contributed by atoms with Gasteiger partial charge in [0.15, 0.2) is 10.9 Å². The lowest BCUT2D eigenvalue weighted by atomic mass is 10.0. The van der Waals surface area contributed by atoms with Crippen LogP contribution in [0, 0.1) is 0 Å². The second-order valence-corrected chi connectivity index (χ2v) is 4.69. The van der Waals surface area contributed by atoms with Crippen LogP contribution >= 0.6 is 11.8 Å². The van der Waals surface area contributed by atoms with Crippen LogP contribution in [0.1, 0.15) is 29.1 Å². The summed E-state index contributed by atoms with van der Waals surface area (Å²) >= 11 is 1.16. The highest BCUT2D eigenvalue weighted by Crippen LogP contribution is 2.21. The van der Waals surface area contributed by atoms with Crippen molar-refractivity contribution in [1.29, 1.82) is 0 Å². The maximum absolute atomic E-state index is 11.1. The summed E-state index contributed by atoms with van der Waals surface area (Å²) < 4.78 is 0. The van der Waals surface area contributed by atoms with Crippen molar-refractivity contribution in [3.63, 3.8) is 0 Å². The summed E-state index contributed by atoms with van der Waals surface area (Å²) in [5.41, 5.74) is -0.480. The molecule has 110 valence electrons. The quantitative estimate of drug-likeness (QED) is 0.405. The van der Waals surface area contributed by atoms with Gasteiger partial charge in [0, 0.05) is 25.2 Å². The molecule has 0 fully saturated rings. The molecule has 0 aliphatic carbocycles. The third kappa shape index (κ3) is 4.15. The summed E-state index contributed by atoms with van der Waals surface area (Å²) in [5, 5.41) is 31.3. The number of aliphatic hydroxyl groups is 2. The van der Waals surface area contributed by atoms with Crippen molar-refractivity contribution in [3.05, 3.63) is 17.5 Å². The van der Waals surface area contributed by atoms with Gasteiger partial charge in [-0.1, -0.05) is 11.8 Å². The van der Waals surface area contributed by atoms with Crippen LogP contribution in [0.3, 0.4) is 0 Å². The second kappa shape index (κ2) is 7.17. The van der Waals surface area contributed by atoms with E-state index in [-0.39, 0.29) is 28.9 Å². The number of aromatic carboxylic acids is 1. The summed E-state index contributed by atoms with van der Waals surface area (Å²) in [4.78, 5) is 29.5. The van der Waals surface area contributed by atoms with Crippen molar-refractivity contribution in [2.24, 2.45) is 0 Å². The van der Waals surface area contributed by atoms with Gasteiger partial charge >= 0.3 is 5.97 Å². The lowest BCUT2D eigenvalue weighted by molar-refractivity contribution is -0.119. The van der Waals surface area contributed by atoms with Crippen LogP contribution < -0.4 is 5.32 Å². The highest BCUT2D eigenvalue weighted by atomic mass is 32.2. The number of carbonyl (C=O) groups is 2. The minimum absolute atomic E-state index is 0.104. The largest absolute Gasteiger partial charge is 0.476 e. The smallest absolute Gasteiger partial charge is 0.355 e. The zero-order valence-electron chi connectivity index (χ0n) is 10.9. The highest BCUT2D eigenvalue weighted by molar-refractivity contribution is 7.98. The number of carboxylic acids is 1. The van der Waals surface area contributed by atoms with Crippen molar-refractivity contribution in [1.82, 2.24) is 15.3 Å². The van der Waals surface area contributed by atoms with Gasteiger partial charge in [0.1, 0.15) is 12.2 Å². The molecule has 0 aliphatic rings. The van der Waals surface area contributed by atoms with Gasteiger partial charge in [0.05, 0.1) is 0 Å². The summed E-state index contributed by atoms with van der Waals surface area (Å²) in [5.74, 6) is -1.70. The maximum Gasteiger partial charge on any atom is 0.355 e. The molecule has 9 heteroatoms. The number of thioether (sulfide) groups is 1. The fourth-order valence-corrected chi connectivity index (χ4v) is 1.77. The van der Waals surface area contributed by atoms with Crippen molar-refractivity contribution >= 4 is 23.6 Å². The van der Waals surface area contributed by atoms with Crippen LogP contribution in [-0.2, 0) is 4.79 Å². The van der Waals surface area contributed by atoms with Gasteiger partial charge in [-0.15, -0.1) is 0 Å². The van der Waals surface area contributed by atoms with Crippen LogP contribution in [0.2, 0.25) is 0 Å².